The molecular formula is C86H120N20O4. The number of nitrogens with zero attached hydrogens (tertiary/aromatic N) is 12. The molecule has 0 aliphatic carbocycles. The molecule has 8 atom stereocenters. The van der Waals surface area contributed by atoms with E-state index >= 15 is 0 Å². The third-order valence-electron chi connectivity index (χ3n) is 20.2. The molecule has 0 unspecified atom stereocenters. The fourth-order valence-corrected chi connectivity index (χ4v) is 15.2. The molecular weight excluding hydrogens is 1380 g/mol. The van der Waals surface area contributed by atoms with E-state index in [9.17, 15) is 19.2 Å². The van der Waals surface area contributed by atoms with E-state index in [0.29, 0.717) is 117 Å². The van der Waals surface area contributed by atoms with E-state index < -0.39 is 0 Å². The Morgan fingerprint density at radius 1 is 0.327 bits per heavy atom. The number of hydrogen-bond donors (Lipinski definition) is 8. The molecule has 4 aliphatic rings. The van der Waals surface area contributed by atoms with Crippen molar-refractivity contribution >= 4 is 69.7 Å². The lowest BCUT2D eigenvalue weighted by Gasteiger charge is -2.40. The molecule has 4 fully saturated rings. The van der Waals surface area contributed by atoms with Crippen LogP contribution in [0.15, 0.2) is 146 Å². The number of aromatic nitrogens is 8. The summed E-state index contributed by atoms with van der Waals surface area (Å²) in [5.74, 6) is 6.11. The van der Waals surface area contributed by atoms with Gasteiger partial charge >= 0.3 is 0 Å². The Morgan fingerprint density at radius 2 is 0.545 bits per heavy atom. The van der Waals surface area contributed by atoms with Crippen LogP contribution in [0.4, 0.5) is 46.5 Å². The Hall–Kier alpha value is -9.88. The first-order valence-corrected chi connectivity index (χ1v) is 39.8. The largest absolute Gasteiger partial charge is 0.383 e. The van der Waals surface area contributed by atoms with Crippen molar-refractivity contribution in [3.63, 3.8) is 0 Å². The normalized spacial score (nSPS) is 19.9. The third kappa shape index (κ3) is 24.1. The van der Waals surface area contributed by atoms with Crippen molar-refractivity contribution < 1.29 is 19.2 Å². The minimum Gasteiger partial charge on any atom is -0.383 e. The van der Waals surface area contributed by atoms with E-state index in [2.05, 4.69) is 164 Å². The van der Waals surface area contributed by atoms with Gasteiger partial charge in [0.25, 0.3) is 0 Å². The molecule has 24 nitrogen and oxygen atoms in total. The fourth-order valence-electron chi connectivity index (χ4n) is 15.2. The second kappa shape index (κ2) is 41.2. The van der Waals surface area contributed by atoms with Crippen LogP contribution in [-0.2, 0) is 0 Å². The summed E-state index contributed by atoms with van der Waals surface area (Å²) in [6, 6.07) is 39.6. The van der Waals surface area contributed by atoms with Crippen LogP contribution in [0.5, 0.6) is 0 Å². The summed E-state index contributed by atoms with van der Waals surface area (Å²) in [7, 11) is 0. The summed E-state index contributed by atoms with van der Waals surface area (Å²) >= 11 is 0. The molecule has 0 saturated carbocycles. The molecule has 0 aromatic carbocycles. The fraction of sp³-hybridized carbons (Fsp3) is 0.488. The van der Waals surface area contributed by atoms with Gasteiger partial charge in [-0.15, -0.1) is 0 Å². The molecule has 0 amide bonds. The number of carbonyl (C=O) groups is 4. The van der Waals surface area contributed by atoms with Crippen LogP contribution in [0.25, 0.3) is 0 Å². The lowest BCUT2D eigenvalue weighted by Crippen LogP contribution is -2.57. The van der Waals surface area contributed by atoms with Gasteiger partial charge in [0.05, 0.1) is 22.3 Å². The maximum Gasteiger partial charge on any atom is 0.215 e. The minimum absolute atomic E-state index is 0.188. The minimum atomic E-state index is -0.191. The lowest BCUT2D eigenvalue weighted by molar-refractivity contribution is 0.102. The Kier molecular flexibility index (Phi) is 31.5. The zero-order chi connectivity index (χ0) is 79.0. The Balaban J connectivity index is 0.000000169. The van der Waals surface area contributed by atoms with Crippen molar-refractivity contribution in [2.75, 3.05) is 94.9 Å². The number of rotatable bonds is 26. The summed E-state index contributed by atoms with van der Waals surface area (Å²) in [5, 5.41) is 15.1. The van der Waals surface area contributed by atoms with Crippen molar-refractivity contribution in [2.45, 2.75) is 196 Å². The average Bonchev–Trinajstić information content (AvgIpc) is 0.826. The number of nitrogen functional groups attached to an aromatic ring is 4. The van der Waals surface area contributed by atoms with Gasteiger partial charge in [-0.2, -0.15) is 0 Å². The van der Waals surface area contributed by atoms with Gasteiger partial charge in [-0.1, -0.05) is 120 Å². The first kappa shape index (κ1) is 84.1. The number of anilines is 8. The second-order valence-electron chi connectivity index (χ2n) is 31.4. The molecule has 0 bridgehead atoms. The third-order valence-corrected chi connectivity index (χ3v) is 20.2. The summed E-state index contributed by atoms with van der Waals surface area (Å²) in [4.78, 5) is 95.3. The Morgan fingerprint density at radius 3 is 0.755 bits per heavy atom. The molecule has 12 N–H and O–H groups in total. The highest BCUT2D eigenvalue weighted by Crippen LogP contribution is 2.28. The molecule has 8 aromatic heterocycles. The highest BCUT2D eigenvalue weighted by Gasteiger charge is 2.33. The van der Waals surface area contributed by atoms with Gasteiger partial charge < -0.3 is 63.8 Å². The molecule has 0 spiro atoms. The van der Waals surface area contributed by atoms with Gasteiger partial charge in [0, 0.05) is 125 Å². The second-order valence-corrected chi connectivity index (χ2v) is 31.4. The van der Waals surface area contributed by atoms with Gasteiger partial charge in [-0.25, -0.2) is 39.9 Å². The molecule has 12 rings (SSSR count). The molecule has 4 aliphatic heterocycles. The summed E-state index contributed by atoms with van der Waals surface area (Å²) in [6.45, 7) is 34.0. The van der Waals surface area contributed by atoms with E-state index in [1.54, 1.807) is 97.6 Å². The zero-order valence-corrected chi connectivity index (χ0v) is 66.8. The van der Waals surface area contributed by atoms with E-state index in [0.717, 1.165) is 140 Å². The number of nitrogens with one attached hydrogen (secondary N) is 4. The molecule has 12 heterocycles. The SMILES string of the molecule is CCC[C@@H]1CN(c2cccc(C(=O)c3cccnc3N)n2)C[C@H](CC(C)C)N1.CCC[C@H]1CN(c2cccc(C(=O)c3cccnc3N)n2)C[C@H](CC(C)C)N1.CC[C@@H]1CN(c2cccc(C(=O)c3cccnc3N)n2)C[C@H](CC(C)C)N1.CC[C@H]1CN(c2cccc(C(=O)c3cccnc3N)n2)C[C@H](CC(C)C)N1. The molecule has 0 radical (unpaired) electrons. The van der Waals surface area contributed by atoms with Crippen molar-refractivity contribution in [1.82, 2.24) is 61.1 Å². The van der Waals surface area contributed by atoms with E-state index in [-0.39, 0.29) is 46.4 Å². The van der Waals surface area contributed by atoms with Gasteiger partial charge in [0.15, 0.2) is 0 Å². The van der Waals surface area contributed by atoms with Crippen LogP contribution in [-0.4, -0.2) is 164 Å². The van der Waals surface area contributed by atoms with Gasteiger partial charge in [0.1, 0.15) is 69.3 Å². The van der Waals surface area contributed by atoms with Crippen LogP contribution >= 0.6 is 0 Å². The predicted octanol–water partition coefficient (Wildman–Crippen LogP) is 12.4. The average molecular weight is 1500 g/mol. The first-order chi connectivity index (χ1) is 52.9. The predicted molar refractivity (Wildman–Crippen MR) is 445 cm³/mol. The van der Waals surface area contributed by atoms with Crippen molar-refractivity contribution in [3.05, 3.63) is 191 Å². The topological polar surface area (TPSA) is 337 Å². The number of pyridine rings is 8. The maximum atomic E-state index is 12.9. The highest BCUT2D eigenvalue weighted by molar-refractivity contribution is 6.12. The van der Waals surface area contributed by atoms with Gasteiger partial charge in [-0.3, -0.25) is 19.2 Å². The quantitative estimate of drug-likeness (QED) is 0.0233. The van der Waals surface area contributed by atoms with E-state index in [1.807, 2.05) is 48.5 Å². The maximum absolute atomic E-state index is 12.9. The first-order valence-electron chi connectivity index (χ1n) is 39.8. The van der Waals surface area contributed by atoms with E-state index in [4.69, 9.17) is 22.9 Å². The van der Waals surface area contributed by atoms with Crippen LogP contribution in [0.3, 0.4) is 0 Å². The Bertz CT molecular complexity index is 4000. The van der Waals surface area contributed by atoms with Gasteiger partial charge in [-0.05, 0) is 172 Å². The smallest absolute Gasteiger partial charge is 0.215 e. The summed E-state index contributed by atoms with van der Waals surface area (Å²) in [5.41, 5.74) is 26.7. The van der Waals surface area contributed by atoms with Crippen molar-refractivity contribution in [2.24, 2.45) is 23.7 Å². The van der Waals surface area contributed by atoms with Crippen LogP contribution < -0.4 is 63.8 Å². The number of ketones is 4. The summed E-state index contributed by atoms with van der Waals surface area (Å²) < 4.78 is 0. The van der Waals surface area contributed by atoms with Gasteiger partial charge in [0.2, 0.25) is 23.1 Å². The molecule has 588 valence electrons. The number of hydrogen-bond acceptors (Lipinski definition) is 24. The zero-order valence-electron chi connectivity index (χ0n) is 66.8. The molecule has 8 aromatic rings. The van der Waals surface area contributed by atoms with Crippen LogP contribution in [0.1, 0.15) is 212 Å². The summed E-state index contributed by atoms with van der Waals surface area (Å²) in [6.07, 6.45) is 17.5. The van der Waals surface area contributed by atoms with Crippen molar-refractivity contribution in [3.8, 4) is 0 Å². The highest BCUT2D eigenvalue weighted by atomic mass is 16.1. The monoisotopic (exact) mass is 1500 g/mol. The lowest BCUT2D eigenvalue weighted by atomic mass is 9.98. The number of piperazine rings is 4. The number of carbonyl (C=O) groups excluding carboxylic acids is 4. The number of nitrogens with two attached hydrogens (primary N) is 4. The Labute approximate surface area is 652 Å². The molecule has 110 heavy (non-hydrogen) atoms. The van der Waals surface area contributed by atoms with Crippen LogP contribution in [0, 0.1) is 23.7 Å². The van der Waals surface area contributed by atoms with Crippen LogP contribution in [0.2, 0.25) is 0 Å². The molecule has 4 saturated heterocycles. The molecule has 24 heteroatoms. The standard InChI is InChI=1S/2C22H31N5O.2C21H29N5O/c2*1-4-7-16-13-27(14-17(25-16)12-15(2)3)20-10-5-9-19(26-20)21(28)18-8-6-11-24-22(18)23;2*1-4-15-12-26(13-16(24-15)11-14(2)3)19-9-5-8-18(25-19)20(27)17-7-6-10-23-21(17)22/h2*5-6,8-11,15-17,25H,4,7,12-14H2,1-3H3,(H2,23,24);2*5-10,14-16,24H,4,11-13H2,1-3H3,(H2,22,23)/t16-,17+;16-,17-;15-,16+;15-,16-/m1010/s1. The van der Waals surface area contributed by atoms with Crippen molar-refractivity contribution in [1.29, 1.82) is 0 Å². The van der Waals surface area contributed by atoms with E-state index in [1.165, 1.54) is 0 Å².